The molecule has 0 bridgehead atoms. The van der Waals surface area contributed by atoms with Crippen LogP contribution in [0.5, 0.6) is 0 Å². The number of likely N-dealkylation sites (tertiary alicyclic amines) is 1. The summed E-state index contributed by atoms with van der Waals surface area (Å²) >= 11 is 0. The van der Waals surface area contributed by atoms with Gasteiger partial charge in [0.05, 0.1) is 6.61 Å². The molecule has 0 aromatic rings. The minimum atomic E-state index is 0.0377. The molecule has 4 heteroatoms. The van der Waals surface area contributed by atoms with Gasteiger partial charge >= 0.3 is 0 Å². The number of nitrogens with zero attached hydrogens (tertiary/aromatic N) is 1. The van der Waals surface area contributed by atoms with Crippen LogP contribution in [0.25, 0.3) is 0 Å². The van der Waals surface area contributed by atoms with Gasteiger partial charge in [-0.15, -0.1) is 0 Å². The monoisotopic (exact) mass is 256 g/mol. The van der Waals surface area contributed by atoms with Crippen LogP contribution >= 0.6 is 0 Å². The molecule has 2 atom stereocenters. The molecule has 18 heavy (non-hydrogen) atoms. The van der Waals surface area contributed by atoms with Gasteiger partial charge in [-0.2, -0.15) is 0 Å². The molecule has 0 radical (unpaired) electrons. The van der Waals surface area contributed by atoms with Crippen molar-refractivity contribution in [1.29, 1.82) is 0 Å². The predicted molar refractivity (Wildman–Crippen MR) is 73.2 cm³/mol. The van der Waals surface area contributed by atoms with E-state index < -0.39 is 0 Å². The van der Waals surface area contributed by atoms with Crippen molar-refractivity contribution < 1.29 is 9.90 Å². The summed E-state index contributed by atoms with van der Waals surface area (Å²) < 4.78 is 0. The van der Waals surface area contributed by atoms with Gasteiger partial charge in [-0.25, -0.2) is 0 Å². The molecule has 0 aromatic heterocycles. The van der Waals surface area contributed by atoms with E-state index >= 15 is 0 Å². The van der Waals surface area contributed by atoms with Crippen LogP contribution < -0.4 is 5.32 Å². The molecule has 4 nitrogen and oxygen atoms in total. The highest BCUT2D eigenvalue weighted by molar-refractivity contribution is 5.78. The van der Waals surface area contributed by atoms with Gasteiger partial charge in [-0.05, 0) is 18.3 Å². The van der Waals surface area contributed by atoms with Crippen LogP contribution in [0.3, 0.4) is 0 Å². The highest BCUT2D eigenvalue weighted by Crippen LogP contribution is 2.23. The summed E-state index contributed by atoms with van der Waals surface area (Å²) in [6, 6.07) is 0.229. The summed E-state index contributed by atoms with van der Waals surface area (Å²) in [5.41, 5.74) is 0. The molecule has 2 N–H and O–H groups in total. The summed E-state index contributed by atoms with van der Waals surface area (Å²) in [6.07, 6.45) is 1.05. The van der Waals surface area contributed by atoms with E-state index in [1.165, 1.54) is 0 Å². The largest absolute Gasteiger partial charge is 0.395 e. The third kappa shape index (κ3) is 4.58. The number of aliphatic hydroxyl groups is 1. The Morgan fingerprint density at radius 3 is 2.50 bits per heavy atom. The van der Waals surface area contributed by atoms with Gasteiger partial charge in [0.2, 0.25) is 5.91 Å². The number of hydrogen-bond donors (Lipinski definition) is 2. The maximum absolute atomic E-state index is 11.8. The average Bonchev–Trinajstić information content (AvgIpc) is 2.28. The minimum Gasteiger partial charge on any atom is -0.395 e. The zero-order valence-electron chi connectivity index (χ0n) is 12.1. The molecule has 106 valence electrons. The van der Waals surface area contributed by atoms with Crippen LogP contribution in [0.1, 0.15) is 34.1 Å². The van der Waals surface area contributed by atoms with Gasteiger partial charge in [0, 0.05) is 31.6 Å². The summed E-state index contributed by atoms with van der Waals surface area (Å²) in [5, 5.41) is 12.2. The second kappa shape index (κ2) is 7.10. The summed E-state index contributed by atoms with van der Waals surface area (Å²) in [6.45, 7) is 11.1. The summed E-state index contributed by atoms with van der Waals surface area (Å²) in [5.74, 6) is 1.39. The standard InChI is InChI=1S/C14H28N2O2/c1-10(2)12-7-13(15-14(18)11(3)4)9-16(8-12)5-6-17/h10-13,17H,5-9H2,1-4H3,(H,15,18). The Hall–Kier alpha value is -0.610. The Bertz CT molecular complexity index is 267. The predicted octanol–water partition coefficient (Wildman–Crippen LogP) is 1.10. The highest BCUT2D eigenvalue weighted by Gasteiger charge is 2.29. The average molecular weight is 256 g/mol. The number of hydrogen-bond acceptors (Lipinski definition) is 3. The summed E-state index contributed by atoms with van der Waals surface area (Å²) in [7, 11) is 0. The SMILES string of the molecule is CC(C)C(=O)NC1CC(C(C)C)CN(CCO)C1. The molecule has 1 amide bonds. The number of β-amino-alcohol motifs (C(OH)–C–C–N with tert-alkyl or cyclic N) is 1. The first-order valence-corrected chi connectivity index (χ1v) is 7.07. The van der Waals surface area contributed by atoms with Crippen molar-refractivity contribution in [2.75, 3.05) is 26.2 Å². The van der Waals surface area contributed by atoms with Gasteiger partial charge in [0.25, 0.3) is 0 Å². The molecule has 1 fully saturated rings. The highest BCUT2D eigenvalue weighted by atomic mass is 16.3. The number of carbonyl (C=O) groups excluding carboxylic acids is 1. The molecule has 1 saturated heterocycles. The molecular weight excluding hydrogens is 228 g/mol. The lowest BCUT2D eigenvalue weighted by molar-refractivity contribution is -0.125. The number of carbonyl (C=O) groups is 1. The molecule has 2 unspecified atom stereocenters. The van der Waals surface area contributed by atoms with Crippen molar-refractivity contribution in [2.45, 2.75) is 40.2 Å². The van der Waals surface area contributed by atoms with Crippen LogP contribution in [0.2, 0.25) is 0 Å². The molecule has 1 aliphatic rings. The maximum atomic E-state index is 11.8. The molecule has 0 aromatic carbocycles. The van der Waals surface area contributed by atoms with E-state index in [2.05, 4.69) is 24.1 Å². The van der Waals surface area contributed by atoms with E-state index in [9.17, 15) is 4.79 Å². The Kier molecular flexibility index (Phi) is 6.09. The Morgan fingerprint density at radius 1 is 1.33 bits per heavy atom. The fourth-order valence-electron chi connectivity index (χ4n) is 2.51. The molecule has 0 spiro atoms. The van der Waals surface area contributed by atoms with Crippen molar-refractivity contribution >= 4 is 5.91 Å². The topological polar surface area (TPSA) is 52.6 Å². The third-order valence-electron chi connectivity index (χ3n) is 3.79. The second-order valence-electron chi connectivity index (χ2n) is 6.08. The Labute approximate surface area is 111 Å². The first-order chi connectivity index (χ1) is 8.43. The van der Waals surface area contributed by atoms with E-state index in [0.29, 0.717) is 18.4 Å². The number of aliphatic hydroxyl groups excluding tert-OH is 1. The van der Waals surface area contributed by atoms with Crippen LogP contribution in [0, 0.1) is 17.8 Å². The first kappa shape index (κ1) is 15.4. The van der Waals surface area contributed by atoms with E-state index in [0.717, 1.165) is 19.5 Å². The van der Waals surface area contributed by atoms with E-state index in [1.807, 2.05) is 13.8 Å². The number of nitrogens with one attached hydrogen (secondary N) is 1. The molecule has 1 aliphatic heterocycles. The van der Waals surface area contributed by atoms with Crippen LogP contribution in [-0.2, 0) is 4.79 Å². The minimum absolute atomic E-state index is 0.0377. The van der Waals surface area contributed by atoms with Crippen molar-refractivity contribution in [3.8, 4) is 0 Å². The van der Waals surface area contributed by atoms with Crippen molar-refractivity contribution in [3.63, 3.8) is 0 Å². The van der Waals surface area contributed by atoms with Crippen molar-refractivity contribution in [1.82, 2.24) is 10.2 Å². The summed E-state index contributed by atoms with van der Waals surface area (Å²) in [4.78, 5) is 14.0. The van der Waals surface area contributed by atoms with Gasteiger partial charge in [0.1, 0.15) is 0 Å². The molecule has 1 heterocycles. The Balaban J connectivity index is 2.58. The van der Waals surface area contributed by atoms with Gasteiger partial charge in [-0.1, -0.05) is 27.7 Å². The first-order valence-electron chi connectivity index (χ1n) is 7.07. The fraction of sp³-hybridized carbons (Fsp3) is 0.929. The fourth-order valence-corrected chi connectivity index (χ4v) is 2.51. The Morgan fingerprint density at radius 2 is 2.00 bits per heavy atom. The number of amides is 1. The third-order valence-corrected chi connectivity index (χ3v) is 3.79. The molecular formula is C14H28N2O2. The smallest absolute Gasteiger partial charge is 0.222 e. The lowest BCUT2D eigenvalue weighted by atomic mass is 9.85. The second-order valence-corrected chi connectivity index (χ2v) is 6.08. The van der Waals surface area contributed by atoms with E-state index in [4.69, 9.17) is 5.11 Å². The number of rotatable bonds is 5. The van der Waals surface area contributed by atoms with Gasteiger partial charge < -0.3 is 10.4 Å². The number of piperidine rings is 1. The zero-order valence-corrected chi connectivity index (χ0v) is 12.1. The van der Waals surface area contributed by atoms with Gasteiger partial charge in [0.15, 0.2) is 0 Å². The van der Waals surface area contributed by atoms with Crippen LogP contribution in [0.4, 0.5) is 0 Å². The molecule has 0 aliphatic carbocycles. The van der Waals surface area contributed by atoms with E-state index in [-0.39, 0.29) is 24.5 Å². The van der Waals surface area contributed by atoms with E-state index in [1.54, 1.807) is 0 Å². The van der Waals surface area contributed by atoms with Crippen LogP contribution in [-0.4, -0.2) is 48.2 Å². The maximum Gasteiger partial charge on any atom is 0.222 e. The van der Waals surface area contributed by atoms with Gasteiger partial charge in [-0.3, -0.25) is 9.69 Å². The quantitative estimate of drug-likeness (QED) is 0.774. The molecule has 0 saturated carbocycles. The van der Waals surface area contributed by atoms with Crippen LogP contribution in [0.15, 0.2) is 0 Å². The normalized spacial score (nSPS) is 25.7. The zero-order chi connectivity index (χ0) is 13.7. The molecule has 1 rings (SSSR count). The lowest BCUT2D eigenvalue weighted by Gasteiger charge is -2.39. The van der Waals surface area contributed by atoms with Crippen molar-refractivity contribution in [3.05, 3.63) is 0 Å². The lowest BCUT2D eigenvalue weighted by Crippen LogP contribution is -2.52. The van der Waals surface area contributed by atoms with Crippen molar-refractivity contribution in [2.24, 2.45) is 17.8 Å².